The lowest BCUT2D eigenvalue weighted by atomic mass is 10.3. The first-order valence-electron chi connectivity index (χ1n) is 3.39. The van der Waals surface area contributed by atoms with Gasteiger partial charge in [-0.2, -0.15) is 8.78 Å². The molecule has 1 aromatic rings. The standard InChI is InChI=1S/C9H8F2O/c1-2-9(10,11)12-8-6-4-3-5-7-8/h2-7H,1H2. The van der Waals surface area contributed by atoms with Crippen LogP contribution in [-0.4, -0.2) is 6.11 Å². The Bertz CT molecular complexity index is 256. The smallest absolute Gasteiger partial charge is 0.419 e. The highest BCUT2D eigenvalue weighted by molar-refractivity contribution is 5.21. The summed E-state index contributed by atoms with van der Waals surface area (Å²) in [6.07, 6.45) is -2.83. The van der Waals surface area contributed by atoms with Crippen LogP contribution < -0.4 is 4.74 Å². The van der Waals surface area contributed by atoms with E-state index in [1.165, 1.54) is 12.1 Å². The maximum absolute atomic E-state index is 12.5. The first-order chi connectivity index (χ1) is 5.64. The second-order valence-electron chi connectivity index (χ2n) is 2.18. The van der Waals surface area contributed by atoms with Crippen LogP contribution in [0.1, 0.15) is 0 Å². The van der Waals surface area contributed by atoms with E-state index in [2.05, 4.69) is 11.3 Å². The van der Waals surface area contributed by atoms with Gasteiger partial charge in [-0.3, -0.25) is 0 Å². The molecule has 64 valence electrons. The molecule has 0 atom stereocenters. The second-order valence-corrected chi connectivity index (χ2v) is 2.18. The lowest BCUT2D eigenvalue weighted by molar-refractivity contribution is -0.131. The maximum atomic E-state index is 12.5. The fraction of sp³-hybridized carbons (Fsp3) is 0.111. The highest BCUT2D eigenvalue weighted by Crippen LogP contribution is 2.21. The first kappa shape index (κ1) is 8.71. The Balaban J connectivity index is 2.70. The van der Waals surface area contributed by atoms with Crippen molar-refractivity contribution in [3.8, 4) is 5.75 Å². The third kappa shape index (κ3) is 2.34. The fourth-order valence-corrected chi connectivity index (χ4v) is 0.687. The van der Waals surface area contributed by atoms with Crippen molar-refractivity contribution < 1.29 is 13.5 Å². The Labute approximate surface area is 69.3 Å². The quantitative estimate of drug-likeness (QED) is 0.634. The highest BCUT2D eigenvalue weighted by Gasteiger charge is 2.25. The fourth-order valence-electron chi connectivity index (χ4n) is 0.687. The van der Waals surface area contributed by atoms with Gasteiger partial charge in [0.25, 0.3) is 0 Å². The van der Waals surface area contributed by atoms with Crippen molar-refractivity contribution in [1.82, 2.24) is 0 Å². The summed E-state index contributed by atoms with van der Waals surface area (Å²) < 4.78 is 29.3. The van der Waals surface area contributed by atoms with Gasteiger partial charge in [0.15, 0.2) is 0 Å². The molecule has 0 aliphatic rings. The van der Waals surface area contributed by atoms with Crippen molar-refractivity contribution >= 4 is 0 Å². The summed E-state index contributed by atoms with van der Waals surface area (Å²) in [5.74, 6) is 0.127. The van der Waals surface area contributed by atoms with Gasteiger partial charge in [-0.15, -0.1) is 0 Å². The van der Waals surface area contributed by atoms with E-state index in [0.717, 1.165) is 0 Å². The molecule has 0 radical (unpaired) electrons. The van der Waals surface area contributed by atoms with Gasteiger partial charge in [0, 0.05) is 6.08 Å². The summed E-state index contributed by atoms with van der Waals surface area (Å²) in [7, 11) is 0. The largest absolute Gasteiger partial charge is 0.429 e. The van der Waals surface area contributed by atoms with Crippen LogP contribution in [-0.2, 0) is 0 Å². The molecule has 1 aromatic carbocycles. The molecule has 3 heteroatoms. The Morgan fingerprint density at radius 3 is 2.33 bits per heavy atom. The van der Waals surface area contributed by atoms with E-state index in [4.69, 9.17) is 0 Å². The Hall–Kier alpha value is -1.38. The molecule has 0 fully saturated rings. The van der Waals surface area contributed by atoms with Crippen molar-refractivity contribution in [3.05, 3.63) is 43.0 Å². The molecule has 0 aromatic heterocycles. The molecule has 0 amide bonds. The number of ether oxygens (including phenoxy) is 1. The zero-order valence-electron chi connectivity index (χ0n) is 6.34. The van der Waals surface area contributed by atoms with E-state index in [0.29, 0.717) is 6.08 Å². The lowest BCUT2D eigenvalue weighted by Gasteiger charge is -2.12. The van der Waals surface area contributed by atoms with Gasteiger partial charge in [0.05, 0.1) is 0 Å². The van der Waals surface area contributed by atoms with Crippen molar-refractivity contribution in [2.45, 2.75) is 6.11 Å². The van der Waals surface area contributed by atoms with Gasteiger partial charge in [-0.05, 0) is 12.1 Å². The van der Waals surface area contributed by atoms with Gasteiger partial charge < -0.3 is 4.74 Å². The van der Waals surface area contributed by atoms with Crippen molar-refractivity contribution in [2.75, 3.05) is 0 Å². The topological polar surface area (TPSA) is 9.23 Å². The van der Waals surface area contributed by atoms with E-state index in [9.17, 15) is 8.78 Å². The summed E-state index contributed by atoms with van der Waals surface area (Å²) in [4.78, 5) is 0. The first-order valence-corrected chi connectivity index (χ1v) is 3.39. The van der Waals surface area contributed by atoms with Gasteiger partial charge in [-0.1, -0.05) is 24.8 Å². The number of alkyl halides is 2. The zero-order chi connectivity index (χ0) is 9.03. The van der Waals surface area contributed by atoms with Gasteiger partial charge >= 0.3 is 6.11 Å². The summed E-state index contributed by atoms with van der Waals surface area (Å²) in [6, 6.07) is 7.87. The third-order valence-electron chi connectivity index (χ3n) is 1.23. The van der Waals surface area contributed by atoms with Crippen LogP contribution in [0.15, 0.2) is 43.0 Å². The molecule has 0 aliphatic carbocycles. The second kappa shape index (κ2) is 3.34. The summed E-state index contributed by atoms with van der Waals surface area (Å²) in [5, 5.41) is 0. The van der Waals surface area contributed by atoms with Crippen LogP contribution in [0.3, 0.4) is 0 Å². The maximum Gasteiger partial charge on any atom is 0.419 e. The molecule has 1 nitrogen and oxygen atoms in total. The van der Waals surface area contributed by atoms with Crippen LogP contribution >= 0.6 is 0 Å². The molecule has 0 N–H and O–H groups in total. The molecule has 0 bridgehead atoms. The average Bonchev–Trinajstić information content (AvgIpc) is 2.06. The highest BCUT2D eigenvalue weighted by atomic mass is 19.3. The van der Waals surface area contributed by atoms with E-state index in [1.54, 1.807) is 18.2 Å². The third-order valence-corrected chi connectivity index (χ3v) is 1.23. The predicted molar refractivity (Wildman–Crippen MR) is 42.2 cm³/mol. The Kier molecular flexibility index (Phi) is 2.43. The van der Waals surface area contributed by atoms with Gasteiger partial charge in [0.2, 0.25) is 0 Å². The molecule has 0 saturated heterocycles. The van der Waals surface area contributed by atoms with Gasteiger partial charge in [-0.25, -0.2) is 0 Å². The van der Waals surface area contributed by atoms with Crippen molar-refractivity contribution in [3.63, 3.8) is 0 Å². The van der Waals surface area contributed by atoms with Crippen LogP contribution in [0.25, 0.3) is 0 Å². The van der Waals surface area contributed by atoms with Crippen LogP contribution in [0.4, 0.5) is 8.78 Å². The molecule has 0 spiro atoms. The van der Waals surface area contributed by atoms with Crippen LogP contribution in [0.5, 0.6) is 5.75 Å². The minimum atomic E-state index is -3.29. The van der Waals surface area contributed by atoms with E-state index in [1.807, 2.05) is 0 Å². The number of halogens is 2. The Morgan fingerprint density at radius 2 is 1.83 bits per heavy atom. The lowest BCUT2D eigenvalue weighted by Crippen LogP contribution is -2.20. The monoisotopic (exact) mass is 170 g/mol. The molecule has 0 saturated carbocycles. The SMILES string of the molecule is C=CC(F)(F)Oc1ccccc1. The zero-order valence-corrected chi connectivity index (χ0v) is 6.34. The summed E-state index contributed by atoms with van der Waals surface area (Å²) in [5.41, 5.74) is 0. The number of rotatable bonds is 3. The number of benzene rings is 1. The average molecular weight is 170 g/mol. The van der Waals surface area contributed by atoms with Crippen molar-refractivity contribution in [2.24, 2.45) is 0 Å². The molecule has 0 heterocycles. The molecule has 1 rings (SSSR count). The molecule has 0 aliphatic heterocycles. The van der Waals surface area contributed by atoms with E-state index < -0.39 is 6.11 Å². The number of para-hydroxylation sites is 1. The molecule has 12 heavy (non-hydrogen) atoms. The Morgan fingerprint density at radius 1 is 1.25 bits per heavy atom. The predicted octanol–water partition coefficient (Wildman–Crippen LogP) is 2.84. The number of hydrogen-bond acceptors (Lipinski definition) is 1. The molecule has 0 unspecified atom stereocenters. The van der Waals surface area contributed by atoms with Gasteiger partial charge in [0.1, 0.15) is 5.75 Å². The van der Waals surface area contributed by atoms with E-state index in [-0.39, 0.29) is 5.75 Å². The summed E-state index contributed by atoms with van der Waals surface area (Å²) in [6.45, 7) is 2.95. The summed E-state index contributed by atoms with van der Waals surface area (Å²) >= 11 is 0. The van der Waals surface area contributed by atoms with Crippen molar-refractivity contribution in [1.29, 1.82) is 0 Å². The minimum absolute atomic E-state index is 0.127. The van der Waals surface area contributed by atoms with Crippen LogP contribution in [0, 0.1) is 0 Å². The molecular weight excluding hydrogens is 162 g/mol. The van der Waals surface area contributed by atoms with E-state index >= 15 is 0 Å². The minimum Gasteiger partial charge on any atom is -0.429 e. The normalized spacial score (nSPS) is 10.8. The molecular formula is C9H8F2O. The number of hydrogen-bond donors (Lipinski definition) is 0. The van der Waals surface area contributed by atoms with Crippen LogP contribution in [0.2, 0.25) is 0 Å².